The fourth-order valence-corrected chi connectivity index (χ4v) is 7.11. The van der Waals surface area contributed by atoms with Crippen molar-refractivity contribution in [1.82, 2.24) is 19.8 Å². The molecule has 0 radical (unpaired) electrons. The third kappa shape index (κ3) is 8.99. The molecule has 2 heterocycles. The third-order valence-corrected chi connectivity index (χ3v) is 9.60. The van der Waals surface area contributed by atoms with Gasteiger partial charge >= 0.3 is 0 Å². The van der Waals surface area contributed by atoms with Gasteiger partial charge in [0.25, 0.3) is 0 Å². The molecule has 0 saturated carbocycles. The zero-order valence-corrected chi connectivity index (χ0v) is 25.9. The molecule has 2 atom stereocenters. The molecule has 2 unspecified atom stereocenters. The Morgan fingerprint density at radius 2 is 1.81 bits per heavy atom. The molecule has 2 saturated heterocycles. The zero-order valence-electron chi connectivity index (χ0n) is 24.3. The van der Waals surface area contributed by atoms with Crippen molar-refractivity contribution in [2.75, 3.05) is 26.8 Å². The van der Waals surface area contributed by atoms with Gasteiger partial charge in [-0.05, 0) is 54.5 Å². The molecule has 234 valence electrons. The molecule has 2 aromatic rings. The predicted octanol–water partition coefficient (Wildman–Crippen LogP) is 1.92. The van der Waals surface area contributed by atoms with Gasteiger partial charge in [0, 0.05) is 51.0 Å². The molecule has 0 aromatic heterocycles. The highest BCUT2D eigenvalue weighted by Crippen LogP contribution is 2.22. The average molecular weight is 634 g/mol. The Hall–Kier alpha value is -3.03. The Labute approximate surface area is 258 Å². The van der Waals surface area contributed by atoms with Gasteiger partial charge in [0.15, 0.2) is 0 Å². The Morgan fingerprint density at radius 3 is 2.51 bits per heavy atom. The van der Waals surface area contributed by atoms with Crippen molar-refractivity contribution in [1.29, 1.82) is 0 Å². The van der Waals surface area contributed by atoms with Gasteiger partial charge in [0.2, 0.25) is 27.7 Å². The number of amides is 3. The first-order valence-corrected chi connectivity index (χ1v) is 16.5. The largest absolute Gasteiger partial charge is 0.381 e. The SMILES string of the molecule is CN(C(=O)CC(NS(=O)(=O)Cc1ccccc1)C(=O)N1CCCC1C(=O)NCc1cc(Cl)ccc1CN)C1CCOCC1. The van der Waals surface area contributed by atoms with Crippen LogP contribution in [0.25, 0.3) is 0 Å². The molecular weight excluding hydrogens is 594 g/mol. The van der Waals surface area contributed by atoms with E-state index in [1.807, 2.05) is 0 Å². The highest BCUT2D eigenvalue weighted by atomic mass is 35.5. The lowest BCUT2D eigenvalue weighted by Gasteiger charge is -2.33. The highest BCUT2D eigenvalue weighted by Gasteiger charge is 2.40. The third-order valence-electron chi connectivity index (χ3n) is 8.01. The first-order valence-electron chi connectivity index (χ1n) is 14.5. The summed E-state index contributed by atoms with van der Waals surface area (Å²) >= 11 is 6.13. The topological polar surface area (TPSA) is 151 Å². The van der Waals surface area contributed by atoms with Crippen LogP contribution in [0.15, 0.2) is 48.5 Å². The molecule has 2 aliphatic rings. The smallest absolute Gasteiger partial charge is 0.243 e. The Kier molecular flexibility index (Phi) is 11.6. The number of sulfonamides is 1. The van der Waals surface area contributed by atoms with Gasteiger partial charge in [-0.1, -0.05) is 48.0 Å². The van der Waals surface area contributed by atoms with Crippen molar-refractivity contribution in [3.63, 3.8) is 0 Å². The molecule has 0 bridgehead atoms. The van der Waals surface area contributed by atoms with Crippen molar-refractivity contribution in [2.45, 2.75) is 69.1 Å². The molecule has 4 N–H and O–H groups in total. The molecule has 13 heteroatoms. The standard InChI is InChI=1S/C30H40ClN5O6S/c1-35(25-11-14-42-15-12-25)28(37)17-26(34-43(40,41)20-21-6-3-2-4-7-21)30(39)36-13-5-8-27(36)29(38)33-19-23-16-24(31)10-9-22(23)18-32/h2-4,6-7,9-10,16,25-27,34H,5,8,11-15,17-20,32H2,1H3,(H,33,38). The van der Waals surface area contributed by atoms with Crippen LogP contribution in [0.2, 0.25) is 5.02 Å². The summed E-state index contributed by atoms with van der Waals surface area (Å²) in [7, 11) is -2.35. The second kappa shape index (κ2) is 15.1. The highest BCUT2D eigenvalue weighted by molar-refractivity contribution is 7.88. The first kappa shape index (κ1) is 32.9. The van der Waals surface area contributed by atoms with E-state index in [-0.39, 0.29) is 49.7 Å². The molecule has 0 aliphatic carbocycles. The molecule has 2 fully saturated rings. The molecule has 4 rings (SSSR count). The molecule has 3 amide bonds. The molecular formula is C30H40ClN5O6S. The predicted molar refractivity (Wildman–Crippen MR) is 163 cm³/mol. The average Bonchev–Trinajstić information content (AvgIpc) is 3.49. The number of hydrogen-bond acceptors (Lipinski definition) is 7. The van der Waals surface area contributed by atoms with Gasteiger partial charge < -0.3 is 25.6 Å². The first-order chi connectivity index (χ1) is 20.6. The minimum absolute atomic E-state index is 0.0619. The van der Waals surface area contributed by atoms with Crippen molar-refractivity contribution in [3.05, 3.63) is 70.2 Å². The molecule has 11 nitrogen and oxygen atoms in total. The van der Waals surface area contributed by atoms with E-state index in [0.29, 0.717) is 49.5 Å². The lowest BCUT2D eigenvalue weighted by Crippen LogP contribution is -2.55. The maximum atomic E-state index is 13.9. The van der Waals surface area contributed by atoms with E-state index in [1.165, 1.54) is 4.90 Å². The Morgan fingerprint density at radius 1 is 1.09 bits per heavy atom. The lowest BCUT2D eigenvalue weighted by atomic mass is 10.1. The monoisotopic (exact) mass is 633 g/mol. The van der Waals surface area contributed by atoms with E-state index in [2.05, 4.69) is 10.0 Å². The molecule has 2 aliphatic heterocycles. The number of nitrogens with two attached hydrogens (primary N) is 1. The van der Waals surface area contributed by atoms with Crippen LogP contribution in [0.4, 0.5) is 0 Å². The van der Waals surface area contributed by atoms with Gasteiger partial charge in [-0.25, -0.2) is 13.1 Å². The van der Waals surface area contributed by atoms with E-state index in [0.717, 1.165) is 11.1 Å². The van der Waals surface area contributed by atoms with E-state index in [4.69, 9.17) is 22.1 Å². The Balaban J connectivity index is 1.50. The van der Waals surface area contributed by atoms with Crippen LogP contribution in [0.3, 0.4) is 0 Å². The summed E-state index contributed by atoms with van der Waals surface area (Å²) in [6.07, 6.45) is 1.93. The molecule has 0 spiro atoms. The van der Waals surface area contributed by atoms with E-state index in [9.17, 15) is 22.8 Å². The number of carbonyl (C=O) groups is 3. The normalized spacial score (nSPS) is 18.3. The summed E-state index contributed by atoms with van der Waals surface area (Å²) in [6, 6.07) is 11.6. The molecule has 43 heavy (non-hydrogen) atoms. The summed E-state index contributed by atoms with van der Waals surface area (Å²) in [5, 5.41) is 3.39. The molecule has 2 aromatic carbocycles. The van der Waals surface area contributed by atoms with Crippen LogP contribution >= 0.6 is 11.6 Å². The summed E-state index contributed by atoms with van der Waals surface area (Å²) < 4.78 is 34.3. The van der Waals surface area contributed by atoms with Crippen LogP contribution in [0.5, 0.6) is 0 Å². The van der Waals surface area contributed by atoms with Gasteiger partial charge in [0.05, 0.1) is 12.2 Å². The minimum atomic E-state index is -4.01. The summed E-state index contributed by atoms with van der Waals surface area (Å²) in [5.74, 6) is -1.68. The number of hydrogen-bond donors (Lipinski definition) is 3. The van der Waals surface area contributed by atoms with Gasteiger partial charge in [-0.15, -0.1) is 0 Å². The zero-order chi connectivity index (χ0) is 31.0. The number of nitrogens with one attached hydrogen (secondary N) is 2. The summed E-state index contributed by atoms with van der Waals surface area (Å²) in [5.41, 5.74) is 7.98. The van der Waals surface area contributed by atoms with E-state index < -0.39 is 28.0 Å². The van der Waals surface area contributed by atoms with Crippen LogP contribution in [-0.4, -0.2) is 80.9 Å². The number of carbonyl (C=O) groups excluding carboxylic acids is 3. The second-order valence-corrected chi connectivity index (χ2v) is 13.2. The summed E-state index contributed by atoms with van der Waals surface area (Å²) in [6.45, 7) is 1.77. The number of benzene rings is 2. The maximum absolute atomic E-state index is 13.9. The van der Waals surface area contributed by atoms with Crippen molar-refractivity contribution < 1.29 is 27.5 Å². The number of rotatable bonds is 12. The van der Waals surface area contributed by atoms with Gasteiger partial charge in [0.1, 0.15) is 12.1 Å². The van der Waals surface area contributed by atoms with E-state index in [1.54, 1.807) is 60.5 Å². The van der Waals surface area contributed by atoms with Crippen molar-refractivity contribution in [2.24, 2.45) is 5.73 Å². The van der Waals surface area contributed by atoms with Crippen LogP contribution in [-0.2, 0) is 48.0 Å². The van der Waals surface area contributed by atoms with E-state index >= 15 is 0 Å². The quantitative estimate of drug-likeness (QED) is 0.323. The van der Waals surface area contributed by atoms with Gasteiger partial charge in [-0.3, -0.25) is 14.4 Å². The van der Waals surface area contributed by atoms with Crippen LogP contribution < -0.4 is 15.8 Å². The maximum Gasteiger partial charge on any atom is 0.243 e. The minimum Gasteiger partial charge on any atom is -0.381 e. The van der Waals surface area contributed by atoms with Crippen molar-refractivity contribution >= 4 is 39.3 Å². The lowest BCUT2D eigenvalue weighted by molar-refractivity contribution is -0.142. The van der Waals surface area contributed by atoms with Crippen LogP contribution in [0, 0.1) is 0 Å². The van der Waals surface area contributed by atoms with Gasteiger partial charge in [-0.2, -0.15) is 0 Å². The fourth-order valence-electron chi connectivity index (χ4n) is 5.59. The van der Waals surface area contributed by atoms with Crippen molar-refractivity contribution in [3.8, 4) is 0 Å². The number of nitrogens with zero attached hydrogens (tertiary/aromatic N) is 2. The fraction of sp³-hybridized carbons (Fsp3) is 0.500. The van der Waals surface area contributed by atoms with Crippen LogP contribution in [0.1, 0.15) is 48.8 Å². The second-order valence-electron chi connectivity index (χ2n) is 11.0. The Bertz CT molecular complexity index is 1390. The number of halogens is 1. The summed E-state index contributed by atoms with van der Waals surface area (Å²) in [4.78, 5) is 43.6. The number of ether oxygens (including phenoxy) is 1. The number of likely N-dealkylation sites (tertiary alicyclic amines) is 1.